The number of epoxide rings is 1. The molecule has 5 unspecified atom stereocenters. The summed E-state index contributed by atoms with van der Waals surface area (Å²) in [6.45, 7) is 0. The minimum atomic E-state index is 0.477. The number of hydrogen-bond acceptors (Lipinski definition) is 1. The van der Waals surface area contributed by atoms with Crippen molar-refractivity contribution in [3.63, 3.8) is 0 Å². The van der Waals surface area contributed by atoms with E-state index < -0.39 is 0 Å². The van der Waals surface area contributed by atoms with E-state index in [1.807, 2.05) is 0 Å². The summed E-state index contributed by atoms with van der Waals surface area (Å²) in [5.41, 5.74) is 0.477. The lowest BCUT2D eigenvalue weighted by atomic mass is 10.0. The molecule has 5 atom stereocenters. The molecule has 1 spiro atoms. The summed E-state index contributed by atoms with van der Waals surface area (Å²) in [4.78, 5) is 0. The van der Waals surface area contributed by atoms with E-state index in [1.54, 1.807) is 0 Å². The van der Waals surface area contributed by atoms with Gasteiger partial charge < -0.3 is 4.74 Å². The van der Waals surface area contributed by atoms with Gasteiger partial charge in [-0.1, -0.05) is 12.2 Å². The minimum Gasteiger partial charge on any atom is -0.366 e. The van der Waals surface area contributed by atoms with Gasteiger partial charge in [-0.25, -0.2) is 0 Å². The number of hydrogen-bond donors (Lipinski definition) is 0. The summed E-state index contributed by atoms with van der Waals surface area (Å²) in [7, 11) is 0. The van der Waals surface area contributed by atoms with Gasteiger partial charge in [-0.2, -0.15) is 0 Å². The van der Waals surface area contributed by atoms with Crippen molar-refractivity contribution < 1.29 is 4.74 Å². The molecule has 4 fully saturated rings. The zero-order valence-corrected chi connectivity index (χ0v) is 9.32. The molecule has 0 aromatic heterocycles. The van der Waals surface area contributed by atoms with E-state index in [-0.39, 0.29) is 0 Å². The number of allylic oxidation sites excluding steroid dienone is 2. The zero-order chi connectivity index (χ0) is 9.88. The molecule has 0 radical (unpaired) electrons. The third-order valence-electron chi connectivity index (χ3n) is 5.23. The van der Waals surface area contributed by atoms with Gasteiger partial charge in [-0.15, -0.1) is 0 Å². The predicted octanol–water partition coefficient (Wildman–Crippen LogP) is 3.30. The first-order valence-corrected chi connectivity index (χ1v) is 6.70. The van der Waals surface area contributed by atoms with E-state index in [9.17, 15) is 0 Å². The fourth-order valence-corrected chi connectivity index (χ4v) is 4.27. The largest absolute Gasteiger partial charge is 0.366 e. The Hall–Kier alpha value is -0.300. The lowest BCUT2D eigenvalue weighted by molar-refractivity contribution is 0.260. The van der Waals surface area contributed by atoms with E-state index >= 15 is 0 Å². The number of rotatable bonds is 0. The highest BCUT2D eigenvalue weighted by molar-refractivity contribution is 5.14. The van der Waals surface area contributed by atoms with E-state index in [4.69, 9.17) is 4.74 Å². The molecule has 82 valence electrons. The molecule has 0 N–H and O–H groups in total. The molecular weight excluding hydrogens is 184 g/mol. The second-order valence-electron chi connectivity index (χ2n) is 6.23. The van der Waals surface area contributed by atoms with Gasteiger partial charge in [0.05, 0.1) is 11.7 Å². The molecule has 0 amide bonds. The van der Waals surface area contributed by atoms with Crippen molar-refractivity contribution in [3.8, 4) is 0 Å². The molecule has 0 aromatic carbocycles. The van der Waals surface area contributed by atoms with E-state index in [1.165, 1.54) is 44.9 Å². The molecule has 1 nitrogen and oxygen atoms in total. The monoisotopic (exact) mass is 204 g/mol. The summed E-state index contributed by atoms with van der Waals surface area (Å²) >= 11 is 0. The van der Waals surface area contributed by atoms with E-state index in [0.29, 0.717) is 5.60 Å². The molecule has 1 saturated heterocycles. The highest BCUT2D eigenvalue weighted by atomic mass is 16.6. The van der Waals surface area contributed by atoms with Gasteiger partial charge in [0, 0.05) is 0 Å². The Bertz CT molecular complexity index is 294. The highest BCUT2D eigenvalue weighted by Crippen LogP contribution is 2.61. The lowest BCUT2D eigenvalue weighted by Crippen LogP contribution is -2.04. The van der Waals surface area contributed by atoms with Crippen molar-refractivity contribution >= 4 is 0 Å². The average Bonchev–Trinajstić information content (AvgIpc) is 2.80. The fourth-order valence-electron chi connectivity index (χ4n) is 4.27. The Morgan fingerprint density at radius 2 is 1.80 bits per heavy atom. The summed E-state index contributed by atoms with van der Waals surface area (Å²) in [6.07, 6.45) is 15.5. The van der Waals surface area contributed by atoms with Crippen LogP contribution in [0, 0.1) is 17.8 Å². The highest BCUT2D eigenvalue weighted by Gasteiger charge is 2.65. The number of fused-ring (bicyclic) bond motifs is 3. The van der Waals surface area contributed by atoms with Crippen LogP contribution in [0.1, 0.15) is 44.9 Å². The van der Waals surface area contributed by atoms with Crippen molar-refractivity contribution in [2.24, 2.45) is 17.8 Å². The van der Waals surface area contributed by atoms with Crippen LogP contribution in [0.2, 0.25) is 0 Å². The van der Waals surface area contributed by atoms with Crippen molar-refractivity contribution in [2.45, 2.75) is 56.7 Å². The molecule has 5 rings (SSSR count). The number of ether oxygens (including phenoxy) is 1. The van der Waals surface area contributed by atoms with Gasteiger partial charge in [-0.3, -0.25) is 0 Å². The summed E-state index contributed by atoms with van der Waals surface area (Å²) in [5.74, 6) is 3.05. The van der Waals surface area contributed by atoms with Crippen LogP contribution >= 0.6 is 0 Å². The van der Waals surface area contributed by atoms with Crippen LogP contribution in [0.3, 0.4) is 0 Å². The maximum Gasteiger partial charge on any atom is 0.0951 e. The maximum absolute atomic E-state index is 5.53. The van der Waals surface area contributed by atoms with Crippen molar-refractivity contribution in [2.75, 3.05) is 0 Å². The average molecular weight is 204 g/mol. The SMILES string of the molecule is C1=CC2CCC1C2.C1CC23CC1CC2O3. The molecule has 0 aromatic rings. The quantitative estimate of drug-likeness (QED) is 0.435. The second-order valence-corrected chi connectivity index (χ2v) is 6.23. The Balaban J connectivity index is 0.0000000874. The molecular formula is C14H20O. The topological polar surface area (TPSA) is 12.5 Å². The molecule has 5 aliphatic rings. The van der Waals surface area contributed by atoms with Gasteiger partial charge in [-0.05, 0) is 62.7 Å². The summed E-state index contributed by atoms with van der Waals surface area (Å²) in [6, 6.07) is 0. The second kappa shape index (κ2) is 2.88. The van der Waals surface area contributed by atoms with Crippen LogP contribution in [-0.2, 0) is 4.74 Å². The summed E-state index contributed by atoms with van der Waals surface area (Å²) in [5, 5.41) is 0. The normalized spacial score (nSPS) is 56.5. The standard InChI is InChI=1S/C7H10O.C7H10/c1-2-7-4-5(1)3-6(7)8-7;1-2-7-4-3-6(1)5-7/h5-6H,1-4H2;1-2,6-7H,3-5H2. The van der Waals surface area contributed by atoms with Crippen molar-refractivity contribution in [3.05, 3.63) is 12.2 Å². The van der Waals surface area contributed by atoms with Crippen LogP contribution in [0.4, 0.5) is 0 Å². The van der Waals surface area contributed by atoms with Gasteiger partial charge in [0.25, 0.3) is 0 Å². The maximum atomic E-state index is 5.53. The minimum absolute atomic E-state index is 0.477. The Morgan fingerprint density at radius 1 is 1.00 bits per heavy atom. The van der Waals surface area contributed by atoms with Gasteiger partial charge in [0.1, 0.15) is 0 Å². The Morgan fingerprint density at radius 3 is 2.07 bits per heavy atom. The van der Waals surface area contributed by atoms with Crippen LogP contribution in [-0.4, -0.2) is 11.7 Å². The fraction of sp³-hybridized carbons (Fsp3) is 0.857. The molecule has 1 heterocycles. The zero-order valence-electron chi connectivity index (χ0n) is 9.32. The van der Waals surface area contributed by atoms with Gasteiger partial charge in [0.15, 0.2) is 0 Å². The molecule has 3 saturated carbocycles. The van der Waals surface area contributed by atoms with E-state index in [2.05, 4.69) is 12.2 Å². The Labute approximate surface area is 91.9 Å². The van der Waals surface area contributed by atoms with Crippen LogP contribution in [0.5, 0.6) is 0 Å². The third-order valence-corrected chi connectivity index (χ3v) is 5.23. The first-order valence-electron chi connectivity index (χ1n) is 6.70. The van der Waals surface area contributed by atoms with Crippen LogP contribution in [0.25, 0.3) is 0 Å². The first-order chi connectivity index (χ1) is 7.34. The molecule has 1 heteroatoms. The van der Waals surface area contributed by atoms with Gasteiger partial charge >= 0.3 is 0 Å². The molecule has 1 aliphatic heterocycles. The first kappa shape index (κ1) is 8.81. The van der Waals surface area contributed by atoms with Crippen molar-refractivity contribution in [1.82, 2.24) is 0 Å². The van der Waals surface area contributed by atoms with E-state index in [0.717, 1.165) is 23.9 Å². The molecule has 15 heavy (non-hydrogen) atoms. The summed E-state index contributed by atoms with van der Waals surface area (Å²) < 4.78 is 5.53. The third kappa shape index (κ3) is 1.32. The lowest BCUT2D eigenvalue weighted by Gasteiger charge is -2.00. The predicted molar refractivity (Wildman–Crippen MR) is 59.5 cm³/mol. The Kier molecular flexibility index (Phi) is 1.69. The van der Waals surface area contributed by atoms with Crippen molar-refractivity contribution in [1.29, 1.82) is 0 Å². The molecule has 4 bridgehead atoms. The smallest absolute Gasteiger partial charge is 0.0951 e. The van der Waals surface area contributed by atoms with Crippen LogP contribution < -0.4 is 0 Å². The van der Waals surface area contributed by atoms with Crippen LogP contribution in [0.15, 0.2) is 12.2 Å². The molecule has 4 aliphatic carbocycles. The van der Waals surface area contributed by atoms with Gasteiger partial charge in [0.2, 0.25) is 0 Å².